The molecule has 16 heteroatoms. The Bertz CT molecular complexity index is 1500. The predicted octanol–water partition coefficient (Wildman–Crippen LogP) is -2.08. The quantitative estimate of drug-likeness (QED) is 0.137. The van der Waals surface area contributed by atoms with E-state index >= 15 is 0 Å². The number of benzene rings is 2. The number of fused-ring (bicyclic) bond motifs is 1. The Labute approximate surface area is 235 Å². The van der Waals surface area contributed by atoms with Crippen molar-refractivity contribution < 1.29 is 74.4 Å². The molecule has 2 aliphatic heterocycles. The van der Waals surface area contributed by atoms with Crippen molar-refractivity contribution in [2.45, 2.75) is 55.3 Å². The number of phenolic OH excluding ortho intramolecular Hbond substituents is 4. The lowest BCUT2D eigenvalue weighted by atomic mass is 9.99. The van der Waals surface area contributed by atoms with Crippen LogP contribution in [-0.2, 0) is 14.2 Å². The highest BCUT2D eigenvalue weighted by molar-refractivity contribution is 5.88. The molecule has 2 aliphatic rings. The molecule has 10 N–H and O–H groups in total. The van der Waals surface area contributed by atoms with Gasteiger partial charge in [-0.1, -0.05) is 0 Å². The third-order valence-electron chi connectivity index (χ3n) is 6.98. The van der Waals surface area contributed by atoms with E-state index in [4.69, 9.17) is 23.4 Å². The Morgan fingerprint density at radius 3 is 2.21 bits per heavy atom. The molecule has 228 valence electrons. The maximum absolute atomic E-state index is 13.5. The SMILES string of the molecule is O=c1c(OC2OCC(OC3OC(CO)C(O)C(O)C3O)C(O)C2O)c(-c2ccc(O)c(O)c2)oc2cc(O)cc(O)c12. The third kappa shape index (κ3) is 5.31. The molecule has 1 aromatic heterocycles. The molecule has 0 spiro atoms. The van der Waals surface area contributed by atoms with Gasteiger partial charge in [-0.3, -0.25) is 4.79 Å². The molecule has 0 amide bonds. The van der Waals surface area contributed by atoms with Crippen LogP contribution in [0, 0.1) is 0 Å². The second-order valence-corrected chi connectivity index (χ2v) is 9.80. The Morgan fingerprint density at radius 1 is 0.810 bits per heavy atom. The fraction of sp³-hybridized carbons (Fsp3) is 0.423. The highest BCUT2D eigenvalue weighted by atomic mass is 16.7. The average Bonchev–Trinajstić information content (AvgIpc) is 2.95. The zero-order valence-electron chi connectivity index (χ0n) is 21.4. The minimum Gasteiger partial charge on any atom is -0.508 e. The van der Waals surface area contributed by atoms with Crippen molar-refractivity contribution >= 4 is 11.0 Å². The van der Waals surface area contributed by atoms with Gasteiger partial charge in [0.2, 0.25) is 17.5 Å². The van der Waals surface area contributed by atoms with E-state index in [1.807, 2.05) is 0 Å². The summed E-state index contributed by atoms with van der Waals surface area (Å²) in [5.41, 5.74) is -1.26. The predicted molar refractivity (Wildman–Crippen MR) is 136 cm³/mol. The second kappa shape index (κ2) is 11.5. The number of phenols is 4. The maximum Gasteiger partial charge on any atom is 0.239 e. The molecule has 3 aromatic rings. The number of hydrogen-bond donors (Lipinski definition) is 10. The largest absolute Gasteiger partial charge is 0.508 e. The average molecular weight is 596 g/mol. The van der Waals surface area contributed by atoms with Gasteiger partial charge in [-0.05, 0) is 18.2 Å². The summed E-state index contributed by atoms with van der Waals surface area (Å²) in [7, 11) is 0. The first kappa shape index (κ1) is 29.8. The number of rotatable bonds is 6. The van der Waals surface area contributed by atoms with Crippen LogP contribution in [0.4, 0.5) is 0 Å². The summed E-state index contributed by atoms with van der Waals surface area (Å²) in [6.45, 7) is -1.25. The third-order valence-corrected chi connectivity index (χ3v) is 6.98. The topological polar surface area (TPSA) is 269 Å². The number of ether oxygens (including phenoxy) is 4. The molecular formula is C26H28O16. The van der Waals surface area contributed by atoms with Gasteiger partial charge < -0.3 is 74.4 Å². The molecular weight excluding hydrogens is 568 g/mol. The van der Waals surface area contributed by atoms with Crippen molar-refractivity contribution in [3.8, 4) is 40.1 Å². The molecule has 0 saturated carbocycles. The number of aromatic hydroxyl groups is 4. The van der Waals surface area contributed by atoms with Crippen LogP contribution in [0.2, 0.25) is 0 Å². The Kier molecular flexibility index (Phi) is 8.17. The fourth-order valence-electron chi connectivity index (χ4n) is 4.69. The van der Waals surface area contributed by atoms with Crippen LogP contribution in [0.1, 0.15) is 0 Å². The van der Waals surface area contributed by atoms with Crippen molar-refractivity contribution in [1.82, 2.24) is 0 Å². The Hall–Kier alpha value is -3.71. The highest BCUT2D eigenvalue weighted by Gasteiger charge is 2.48. The van der Waals surface area contributed by atoms with E-state index < -0.39 is 108 Å². The normalized spacial score (nSPS) is 31.7. The van der Waals surface area contributed by atoms with E-state index in [0.29, 0.717) is 0 Å². The van der Waals surface area contributed by atoms with Gasteiger partial charge in [0, 0.05) is 17.7 Å². The number of aliphatic hydroxyl groups excluding tert-OH is 6. The summed E-state index contributed by atoms with van der Waals surface area (Å²) in [5, 5.41) is 100. The molecule has 9 atom stereocenters. The summed E-state index contributed by atoms with van der Waals surface area (Å²) in [4.78, 5) is 13.5. The van der Waals surface area contributed by atoms with E-state index in [0.717, 1.165) is 24.3 Å². The van der Waals surface area contributed by atoms with Crippen molar-refractivity contribution in [3.05, 3.63) is 40.6 Å². The fourth-order valence-corrected chi connectivity index (χ4v) is 4.69. The van der Waals surface area contributed by atoms with Crippen LogP contribution >= 0.6 is 0 Å². The van der Waals surface area contributed by atoms with Crippen molar-refractivity contribution in [3.63, 3.8) is 0 Å². The van der Waals surface area contributed by atoms with Gasteiger partial charge in [-0.15, -0.1) is 0 Å². The molecule has 16 nitrogen and oxygen atoms in total. The van der Waals surface area contributed by atoms with Crippen molar-refractivity contribution in [1.29, 1.82) is 0 Å². The minimum absolute atomic E-state index is 0.00296. The van der Waals surface area contributed by atoms with E-state index in [1.54, 1.807) is 0 Å². The zero-order chi connectivity index (χ0) is 30.5. The molecule has 2 fully saturated rings. The zero-order valence-corrected chi connectivity index (χ0v) is 21.4. The first-order valence-electron chi connectivity index (χ1n) is 12.6. The molecule has 2 aromatic carbocycles. The molecule has 42 heavy (non-hydrogen) atoms. The van der Waals surface area contributed by atoms with E-state index in [-0.39, 0.29) is 16.9 Å². The standard InChI is InChI=1S/C26H28O16/c27-6-14-17(32)20(35)22(37)26(40-14)41-15-7-38-25(21(36)18(15)33)42-24-19(34)16-12(31)4-9(28)5-13(16)39-23(24)8-1-2-10(29)11(30)3-8/h1-5,14-15,17-18,20-22,25-33,35-37H,6-7H2. The molecule has 3 heterocycles. The summed E-state index contributed by atoms with van der Waals surface area (Å²) in [5.74, 6) is -3.18. The smallest absolute Gasteiger partial charge is 0.239 e. The Balaban J connectivity index is 1.44. The number of hydrogen-bond acceptors (Lipinski definition) is 16. The van der Waals surface area contributed by atoms with E-state index in [2.05, 4.69) is 0 Å². The summed E-state index contributed by atoms with van der Waals surface area (Å²) in [6, 6.07) is 5.31. The van der Waals surface area contributed by atoms with Gasteiger partial charge in [-0.25, -0.2) is 0 Å². The van der Waals surface area contributed by atoms with Crippen LogP contribution < -0.4 is 10.2 Å². The van der Waals surface area contributed by atoms with Gasteiger partial charge in [-0.2, -0.15) is 0 Å². The molecule has 0 aliphatic carbocycles. The van der Waals surface area contributed by atoms with Gasteiger partial charge in [0.1, 0.15) is 65.2 Å². The van der Waals surface area contributed by atoms with Gasteiger partial charge >= 0.3 is 0 Å². The van der Waals surface area contributed by atoms with E-state index in [9.17, 15) is 55.9 Å². The summed E-state index contributed by atoms with van der Waals surface area (Å²) in [6.07, 6.45) is -15.0. The first-order chi connectivity index (χ1) is 19.9. The molecule has 9 unspecified atom stereocenters. The molecule has 0 bridgehead atoms. The molecule has 5 rings (SSSR count). The summed E-state index contributed by atoms with van der Waals surface area (Å²) < 4.78 is 27.6. The highest BCUT2D eigenvalue weighted by Crippen LogP contribution is 2.39. The van der Waals surface area contributed by atoms with Crippen LogP contribution in [-0.4, -0.2) is 120 Å². The maximum atomic E-state index is 13.5. The molecule has 0 radical (unpaired) electrons. The second-order valence-electron chi connectivity index (χ2n) is 9.80. The number of aliphatic hydroxyl groups is 6. The van der Waals surface area contributed by atoms with Crippen molar-refractivity contribution in [2.75, 3.05) is 13.2 Å². The van der Waals surface area contributed by atoms with Crippen LogP contribution in [0.15, 0.2) is 39.5 Å². The van der Waals surface area contributed by atoms with Gasteiger partial charge in [0.25, 0.3) is 0 Å². The lowest BCUT2D eigenvalue weighted by molar-refractivity contribution is -0.338. The van der Waals surface area contributed by atoms with E-state index in [1.165, 1.54) is 6.07 Å². The van der Waals surface area contributed by atoms with Crippen LogP contribution in [0.5, 0.6) is 28.7 Å². The van der Waals surface area contributed by atoms with Gasteiger partial charge in [0.15, 0.2) is 23.5 Å². The lowest BCUT2D eigenvalue weighted by Gasteiger charge is -2.43. The minimum atomic E-state index is -1.92. The lowest BCUT2D eigenvalue weighted by Crippen LogP contribution is -2.62. The van der Waals surface area contributed by atoms with Crippen LogP contribution in [0.3, 0.4) is 0 Å². The summed E-state index contributed by atoms with van der Waals surface area (Å²) >= 11 is 0. The Morgan fingerprint density at radius 2 is 1.52 bits per heavy atom. The van der Waals surface area contributed by atoms with Crippen LogP contribution in [0.25, 0.3) is 22.3 Å². The monoisotopic (exact) mass is 596 g/mol. The van der Waals surface area contributed by atoms with Gasteiger partial charge in [0.05, 0.1) is 13.2 Å². The molecule has 2 saturated heterocycles. The van der Waals surface area contributed by atoms with Crippen molar-refractivity contribution in [2.24, 2.45) is 0 Å². The first-order valence-corrected chi connectivity index (χ1v) is 12.6.